The molecule has 0 unspecified atom stereocenters. The van der Waals surface area contributed by atoms with Crippen molar-refractivity contribution in [3.8, 4) is 17.0 Å². The normalized spacial score (nSPS) is 14.8. The first-order valence-electron chi connectivity index (χ1n) is 8.68. The number of urea groups is 1. The first-order chi connectivity index (χ1) is 12.6. The first-order valence-corrected chi connectivity index (χ1v) is 8.68. The number of morpholine rings is 1. The molecule has 3 N–H and O–H groups in total. The minimum absolute atomic E-state index is 0.582. The maximum Gasteiger partial charge on any atom is 0.316 e. The predicted octanol–water partition coefficient (Wildman–Crippen LogP) is 2.26. The van der Waals surface area contributed by atoms with Gasteiger partial charge in [-0.2, -0.15) is 0 Å². The Hall–Kier alpha value is -2.64. The summed E-state index contributed by atoms with van der Waals surface area (Å²) in [7, 11) is 0. The number of hydrogen-bond acceptors (Lipinski definition) is 5. The number of nitrogens with one attached hydrogen (secondary N) is 1. The SMILES string of the molecule is Cc1ccc(NC(N)=O)cc1-c1ccc(OCCN2CCOCC2)nc1. The van der Waals surface area contributed by atoms with E-state index in [4.69, 9.17) is 15.2 Å². The molecule has 7 nitrogen and oxygen atoms in total. The van der Waals surface area contributed by atoms with Crippen LogP contribution in [0.25, 0.3) is 11.1 Å². The topological polar surface area (TPSA) is 89.7 Å². The van der Waals surface area contributed by atoms with Crippen molar-refractivity contribution >= 4 is 11.7 Å². The Bertz CT molecular complexity index is 743. The number of amides is 2. The fourth-order valence-corrected chi connectivity index (χ4v) is 2.88. The van der Waals surface area contributed by atoms with Gasteiger partial charge < -0.3 is 20.5 Å². The van der Waals surface area contributed by atoms with Gasteiger partial charge in [0.25, 0.3) is 0 Å². The number of anilines is 1. The van der Waals surface area contributed by atoms with E-state index in [1.54, 1.807) is 6.20 Å². The Morgan fingerprint density at radius 2 is 2.12 bits per heavy atom. The molecule has 2 amide bonds. The molecule has 2 heterocycles. The number of nitrogens with two attached hydrogens (primary N) is 1. The molecule has 2 aromatic rings. The molecule has 1 aliphatic rings. The van der Waals surface area contributed by atoms with Gasteiger partial charge in [-0.15, -0.1) is 0 Å². The lowest BCUT2D eigenvalue weighted by Gasteiger charge is -2.26. The minimum atomic E-state index is -0.582. The van der Waals surface area contributed by atoms with E-state index in [-0.39, 0.29) is 0 Å². The summed E-state index contributed by atoms with van der Waals surface area (Å²) in [6.45, 7) is 6.95. The highest BCUT2D eigenvalue weighted by molar-refractivity contribution is 5.89. The highest BCUT2D eigenvalue weighted by Crippen LogP contribution is 2.27. The lowest BCUT2D eigenvalue weighted by atomic mass is 10.0. The molecule has 138 valence electrons. The largest absolute Gasteiger partial charge is 0.476 e. The third kappa shape index (κ3) is 4.93. The summed E-state index contributed by atoms with van der Waals surface area (Å²) < 4.78 is 11.1. The Kier molecular flexibility index (Phi) is 6.04. The summed E-state index contributed by atoms with van der Waals surface area (Å²) >= 11 is 0. The lowest BCUT2D eigenvalue weighted by Crippen LogP contribution is -2.38. The number of aryl methyl sites for hydroxylation is 1. The molecule has 7 heteroatoms. The summed E-state index contributed by atoms with van der Waals surface area (Å²) in [4.78, 5) is 17.7. The zero-order valence-electron chi connectivity index (χ0n) is 14.9. The zero-order chi connectivity index (χ0) is 18.4. The zero-order valence-corrected chi connectivity index (χ0v) is 14.9. The van der Waals surface area contributed by atoms with Crippen molar-refractivity contribution in [1.82, 2.24) is 9.88 Å². The van der Waals surface area contributed by atoms with E-state index >= 15 is 0 Å². The molecule has 1 fully saturated rings. The van der Waals surface area contributed by atoms with Crippen LogP contribution in [-0.4, -0.2) is 55.4 Å². The highest BCUT2D eigenvalue weighted by Gasteiger charge is 2.10. The quantitative estimate of drug-likeness (QED) is 0.829. The maximum atomic E-state index is 11.0. The van der Waals surface area contributed by atoms with Crippen molar-refractivity contribution in [3.05, 3.63) is 42.1 Å². The van der Waals surface area contributed by atoms with E-state index in [1.807, 2.05) is 37.3 Å². The minimum Gasteiger partial charge on any atom is -0.476 e. The molecule has 1 aromatic heterocycles. The van der Waals surface area contributed by atoms with Crippen molar-refractivity contribution in [1.29, 1.82) is 0 Å². The number of primary amides is 1. The summed E-state index contributed by atoms with van der Waals surface area (Å²) in [5.74, 6) is 0.603. The summed E-state index contributed by atoms with van der Waals surface area (Å²) in [5, 5.41) is 2.59. The van der Waals surface area contributed by atoms with E-state index in [2.05, 4.69) is 15.2 Å². The molecule has 1 saturated heterocycles. The van der Waals surface area contributed by atoms with E-state index < -0.39 is 6.03 Å². The van der Waals surface area contributed by atoms with Crippen LogP contribution in [0.2, 0.25) is 0 Å². The van der Waals surface area contributed by atoms with Crippen molar-refractivity contribution in [2.24, 2.45) is 5.73 Å². The number of hydrogen-bond donors (Lipinski definition) is 2. The molecule has 0 radical (unpaired) electrons. The standard InChI is InChI=1S/C19H24N4O3/c1-14-2-4-16(22-19(20)24)12-17(14)15-3-5-18(21-13-15)26-11-8-23-6-9-25-10-7-23/h2-5,12-13H,6-11H2,1H3,(H3,20,22,24). The monoisotopic (exact) mass is 356 g/mol. The van der Waals surface area contributed by atoms with Crippen LogP contribution in [-0.2, 0) is 4.74 Å². The molecular formula is C19H24N4O3. The van der Waals surface area contributed by atoms with E-state index in [0.29, 0.717) is 18.2 Å². The van der Waals surface area contributed by atoms with Crippen LogP contribution in [0.1, 0.15) is 5.56 Å². The van der Waals surface area contributed by atoms with Crippen LogP contribution in [0.5, 0.6) is 5.88 Å². The van der Waals surface area contributed by atoms with Gasteiger partial charge in [0.15, 0.2) is 0 Å². The average Bonchev–Trinajstić information content (AvgIpc) is 2.64. The molecular weight excluding hydrogens is 332 g/mol. The molecule has 26 heavy (non-hydrogen) atoms. The summed E-state index contributed by atoms with van der Waals surface area (Å²) in [6, 6.07) is 8.89. The van der Waals surface area contributed by atoms with Crippen LogP contribution in [0.15, 0.2) is 36.5 Å². The number of carbonyl (C=O) groups excluding carboxylic acids is 1. The van der Waals surface area contributed by atoms with Crippen LogP contribution in [0, 0.1) is 6.92 Å². The number of carbonyl (C=O) groups is 1. The number of pyridine rings is 1. The predicted molar refractivity (Wildman–Crippen MR) is 100 cm³/mol. The van der Waals surface area contributed by atoms with E-state index in [9.17, 15) is 4.79 Å². The number of aromatic nitrogens is 1. The van der Waals surface area contributed by atoms with Crippen molar-refractivity contribution in [2.75, 3.05) is 44.8 Å². The Labute approximate surface area is 153 Å². The highest BCUT2D eigenvalue weighted by atomic mass is 16.5. The van der Waals surface area contributed by atoms with Crippen molar-refractivity contribution < 1.29 is 14.3 Å². The van der Waals surface area contributed by atoms with Crippen LogP contribution < -0.4 is 15.8 Å². The van der Waals surface area contributed by atoms with Gasteiger partial charge in [-0.1, -0.05) is 6.07 Å². The molecule has 3 rings (SSSR count). The Morgan fingerprint density at radius 3 is 2.81 bits per heavy atom. The third-order valence-corrected chi connectivity index (χ3v) is 4.31. The Morgan fingerprint density at radius 1 is 1.31 bits per heavy atom. The van der Waals surface area contributed by atoms with Gasteiger partial charge in [-0.3, -0.25) is 4.90 Å². The number of benzene rings is 1. The van der Waals surface area contributed by atoms with Crippen LogP contribution in [0.3, 0.4) is 0 Å². The molecule has 0 atom stereocenters. The number of ether oxygens (including phenoxy) is 2. The van der Waals surface area contributed by atoms with Gasteiger partial charge in [-0.25, -0.2) is 9.78 Å². The number of nitrogens with zero attached hydrogens (tertiary/aromatic N) is 2. The summed E-state index contributed by atoms with van der Waals surface area (Å²) in [5.41, 5.74) is 8.87. The molecule has 0 aliphatic carbocycles. The van der Waals surface area contributed by atoms with Gasteiger partial charge in [-0.05, 0) is 36.2 Å². The van der Waals surface area contributed by atoms with Gasteiger partial charge >= 0.3 is 6.03 Å². The van der Waals surface area contributed by atoms with E-state index in [0.717, 1.165) is 49.5 Å². The lowest BCUT2D eigenvalue weighted by molar-refractivity contribution is 0.0320. The second-order valence-corrected chi connectivity index (χ2v) is 6.21. The van der Waals surface area contributed by atoms with Crippen molar-refractivity contribution in [2.45, 2.75) is 6.92 Å². The maximum absolute atomic E-state index is 11.0. The molecule has 1 aliphatic heterocycles. The first kappa shape index (κ1) is 18.2. The molecule has 1 aromatic carbocycles. The average molecular weight is 356 g/mol. The van der Waals surface area contributed by atoms with Crippen molar-refractivity contribution in [3.63, 3.8) is 0 Å². The fourth-order valence-electron chi connectivity index (χ4n) is 2.88. The molecule has 0 spiro atoms. The van der Waals surface area contributed by atoms with Gasteiger partial charge in [0.05, 0.1) is 13.2 Å². The van der Waals surface area contributed by atoms with Gasteiger partial charge in [0, 0.05) is 43.1 Å². The fraction of sp³-hybridized carbons (Fsp3) is 0.368. The van der Waals surface area contributed by atoms with Gasteiger partial charge in [0.2, 0.25) is 5.88 Å². The Balaban J connectivity index is 1.61. The molecule has 0 saturated carbocycles. The second kappa shape index (κ2) is 8.64. The van der Waals surface area contributed by atoms with Gasteiger partial charge in [0.1, 0.15) is 6.61 Å². The smallest absolute Gasteiger partial charge is 0.316 e. The second-order valence-electron chi connectivity index (χ2n) is 6.21. The van der Waals surface area contributed by atoms with Crippen LogP contribution in [0.4, 0.5) is 10.5 Å². The molecule has 0 bridgehead atoms. The van der Waals surface area contributed by atoms with E-state index in [1.165, 1.54) is 0 Å². The summed E-state index contributed by atoms with van der Waals surface area (Å²) in [6.07, 6.45) is 1.78. The number of rotatable bonds is 6. The van der Waals surface area contributed by atoms with Crippen LogP contribution >= 0.6 is 0 Å². The third-order valence-electron chi connectivity index (χ3n) is 4.31.